The summed E-state index contributed by atoms with van der Waals surface area (Å²) in [5, 5.41) is 0. The van der Waals surface area contributed by atoms with Gasteiger partial charge in [-0.1, -0.05) is 113 Å². The summed E-state index contributed by atoms with van der Waals surface area (Å²) in [4.78, 5) is 0. The molecule has 2 fully saturated rings. The molecule has 0 bridgehead atoms. The fourth-order valence-electron chi connectivity index (χ4n) is 6.69. The van der Waals surface area contributed by atoms with Crippen molar-refractivity contribution in [3.05, 3.63) is 59.9 Å². The van der Waals surface area contributed by atoms with Crippen LogP contribution < -0.4 is 0 Å². The van der Waals surface area contributed by atoms with E-state index in [1.807, 2.05) is 12.1 Å². The Bertz CT molecular complexity index is 824. The van der Waals surface area contributed by atoms with Crippen molar-refractivity contribution in [1.29, 1.82) is 0 Å². The average molecular weight is 465 g/mol. The van der Waals surface area contributed by atoms with Gasteiger partial charge in [0, 0.05) is 0 Å². The van der Waals surface area contributed by atoms with Crippen LogP contribution in [0.3, 0.4) is 0 Å². The lowest BCUT2D eigenvalue weighted by Crippen LogP contribution is -2.37. The van der Waals surface area contributed by atoms with Crippen LogP contribution >= 0.6 is 0 Å². The van der Waals surface area contributed by atoms with Crippen LogP contribution in [0.15, 0.2) is 48.5 Å². The van der Waals surface area contributed by atoms with E-state index in [0.29, 0.717) is 0 Å². The number of benzene rings is 2. The van der Waals surface area contributed by atoms with Gasteiger partial charge in [0.15, 0.2) is 0 Å². The first-order valence-electron chi connectivity index (χ1n) is 13.9. The first-order valence-corrected chi connectivity index (χ1v) is 17.0. The molecule has 2 aromatic rings. The van der Waals surface area contributed by atoms with Crippen molar-refractivity contribution in [3.8, 4) is 11.1 Å². The number of halogens is 1. The molecule has 2 aliphatic rings. The fraction of sp³-hybridized carbons (Fsp3) is 0.613. The molecule has 0 unspecified atom stereocenters. The molecule has 1 aliphatic heterocycles. The van der Waals surface area contributed by atoms with Crippen LogP contribution in [-0.4, -0.2) is 8.07 Å². The lowest BCUT2D eigenvalue weighted by atomic mass is 9.73. The molecule has 1 heterocycles. The van der Waals surface area contributed by atoms with Crippen LogP contribution in [0.2, 0.25) is 24.7 Å². The lowest BCUT2D eigenvalue weighted by molar-refractivity contribution is 0.185. The Morgan fingerprint density at radius 1 is 0.758 bits per heavy atom. The predicted octanol–water partition coefficient (Wildman–Crippen LogP) is 9.91. The molecule has 2 aromatic carbocycles. The van der Waals surface area contributed by atoms with Gasteiger partial charge in [0.05, 0.1) is 8.07 Å². The molecule has 33 heavy (non-hydrogen) atoms. The number of aryl methyl sites for hydroxylation is 1. The van der Waals surface area contributed by atoms with Crippen molar-refractivity contribution in [2.75, 3.05) is 0 Å². The number of hydrogen-bond acceptors (Lipinski definition) is 0. The van der Waals surface area contributed by atoms with Gasteiger partial charge in [-0.05, 0) is 72.3 Å². The average Bonchev–Trinajstić information content (AvgIpc) is 2.85. The zero-order chi connectivity index (χ0) is 23.1. The van der Waals surface area contributed by atoms with E-state index < -0.39 is 8.07 Å². The Balaban J connectivity index is 1.17. The topological polar surface area (TPSA) is 0 Å². The summed E-state index contributed by atoms with van der Waals surface area (Å²) >= 11 is 0. The van der Waals surface area contributed by atoms with Gasteiger partial charge in [-0.2, -0.15) is 0 Å². The monoisotopic (exact) mass is 464 g/mol. The molecule has 180 valence electrons. The molecule has 0 atom stereocenters. The summed E-state index contributed by atoms with van der Waals surface area (Å²) in [5.74, 6) is 2.84. The smallest absolute Gasteiger partial charge is 0.123 e. The predicted molar refractivity (Wildman–Crippen MR) is 144 cm³/mol. The van der Waals surface area contributed by atoms with Crippen molar-refractivity contribution < 1.29 is 4.39 Å². The standard InChI is InChI=1S/C31H45FSi/c1-3-4-5-22-33(2)23-20-30(21-24-33)28-14-10-26(11-15-28)7-6-25-8-12-27(13-9-25)29-16-18-31(32)19-17-29/h8-9,12-13,16-19,26,28,30H,3-7,10-11,14-15,20-24H2,1-2H3/t26-,28-,30?,33?. The van der Waals surface area contributed by atoms with Crippen LogP contribution in [-0.2, 0) is 6.42 Å². The van der Waals surface area contributed by atoms with E-state index in [9.17, 15) is 4.39 Å². The maximum absolute atomic E-state index is 13.2. The first-order chi connectivity index (χ1) is 16.0. The highest BCUT2D eigenvalue weighted by Crippen LogP contribution is 2.44. The maximum Gasteiger partial charge on any atom is 0.123 e. The molecule has 0 aromatic heterocycles. The van der Waals surface area contributed by atoms with Crippen molar-refractivity contribution in [2.45, 2.75) is 102 Å². The Morgan fingerprint density at radius 2 is 1.33 bits per heavy atom. The van der Waals surface area contributed by atoms with Gasteiger partial charge in [0.25, 0.3) is 0 Å². The minimum absolute atomic E-state index is 0.170. The Labute approximate surface area is 203 Å². The van der Waals surface area contributed by atoms with E-state index in [1.54, 1.807) is 43.1 Å². The SMILES string of the molecule is CCCCC[Si]1(C)CCC([C@H]2CC[C@H](CCc3ccc(-c4ccc(F)cc4)cc3)CC2)CC1. The van der Waals surface area contributed by atoms with Gasteiger partial charge >= 0.3 is 0 Å². The Kier molecular flexibility index (Phi) is 8.85. The second-order valence-electron chi connectivity index (χ2n) is 11.6. The second-order valence-corrected chi connectivity index (χ2v) is 16.7. The van der Waals surface area contributed by atoms with Gasteiger partial charge in [-0.3, -0.25) is 0 Å². The first kappa shape index (κ1) is 24.7. The highest BCUT2D eigenvalue weighted by atomic mass is 28.3. The summed E-state index contributed by atoms with van der Waals surface area (Å²) in [6.07, 6.45) is 15.9. The maximum atomic E-state index is 13.2. The van der Waals surface area contributed by atoms with E-state index in [4.69, 9.17) is 0 Å². The third kappa shape index (κ3) is 7.04. The zero-order valence-corrected chi connectivity index (χ0v) is 22.1. The van der Waals surface area contributed by atoms with Crippen LogP contribution in [0.1, 0.15) is 76.7 Å². The number of rotatable bonds is 9. The molecule has 4 rings (SSSR count). The van der Waals surface area contributed by atoms with Crippen LogP contribution in [0.4, 0.5) is 4.39 Å². The molecular weight excluding hydrogens is 419 g/mol. The molecule has 0 N–H and O–H groups in total. The molecule has 1 saturated heterocycles. The minimum Gasteiger partial charge on any atom is -0.207 e. The van der Waals surface area contributed by atoms with E-state index in [-0.39, 0.29) is 5.82 Å². The number of unbranched alkanes of at least 4 members (excludes halogenated alkanes) is 2. The van der Waals surface area contributed by atoms with Crippen LogP contribution in [0.5, 0.6) is 0 Å². The van der Waals surface area contributed by atoms with E-state index in [2.05, 4.69) is 37.7 Å². The molecular formula is C31H45FSi. The highest BCUT2D eigenvalue weighted by molar-refractivity contribution is 6.78. The van der Waals surface area contributed by atoms with Gasteiger partial charge in [0.1, 0.15) is 5.82 Å². The van der Waals surface area contributed by atoms with E-state index in [1.165, 1.54) is 68.9 Å². The van der Waals surface area contributed by atoms with Crippen molar-refractivity contribution in [1.82, 2.24) is 0 Å². The fourth-order valence-corrected chi connectivity index (χ4v) is 10.7. The quantitative estimate of drug-likeness (QED) is 0.256. The van der Waals surface area contributed by atoms with Crippen molar-refractivity contribution in [3.63, 3.8) is 0 Å². The van der Waals surface area contributed by atoms with E-state index >= 15 is 0 Å². The molecule has 0 radical (unpaired) electrons. The molecule has 2 heteroatoms. The lowest BCUT2D eigenvalue weighted by Gasteiger charge is -2.41. The summed E-state index contributed by atoms with van der Waals surface area (Å²) in [6, 6.07) is 20.6. The summed E-state index contributed by atoms with van der Waals surface area (Å²) in [5.41, 5.74) is 3.71. The Morgan fingerprint density at radius 3 is 1.94 bits per heavy atom. The Hall–Kier alpha value is -1.41. The minimum atomic E-state index is -0.888. The summed E-state index contributed by atoms with van der Waals surface area (Å²) < 4.78 is 13.2. The highest BCUT2D eigenvalue weighted by Gasteiger charge is 2.36. The third-order valence-corrected chi connectivity index (χ3v) is 13.7. The van der Waals surface area contributed by atoms with Gasteiger partial charge < -0.3 is 0 Å². The molecule has 1 aliphatic carbocycles. The van der Waals surface area contributed by atoms with Crippen LogP contribution in [0.25, 0.3) is 11.1 Å². The van der Waals surface area contributed by atoms with Crippen molar-refractivity contribution in [2.24, 2.45) is 17.8 Å². The largest absolute Gasteiger partial charge is 0.207 e. The normalized spacial score (nSPS) is 28.0. The summed E-state index contributed by atoms with van der Waals surface area (Å²) in [6.45, 7) is 5.05. The second kappa shape index (κ2) is 11.8. The molecule has 0 spiro atoms. The zero-order valence-electron chi connectivity index (χ0n) is 21.1. The molecule has 0 amide bonds. The van der Waals surface area contributed by atoms with Crippen LogP contribution in [0, 0.1) is 23.6 Å². The molecule has 1 saturated carbocycles. The summed E-state index contributed by atoms with van der Waals surface area (Å²) in [7, 11) is -0.888. The van der Waals surface area contributed by atoms with E-state index in [0.717, 1.165) is 23.3 Å². The molecule has 0 nitrogen and oxygen atoms in total. The van der Waals surface area contributed by atoms with Gasteiger partial charge in [0.2, 0.25) is 0 Å². The van der Waals surface area contributed by atoms with Crippen molar-refractivity contribution >= 4 is 8.07 Å². The van der Waals surface area contributed by atoms with Gasteiger partial charge in [-0.15, -0.1) is 0 Å². The van der Waals surface area contributed by atoms with Gasteiger partial charge in [-0.25, -0.2) is 4.39 Å². The third-order valence-electron chi connectivity index (χ3n) is 9.15. The number of hydrogen-bond donors (Lipinski definition) is 0.